The summed E-state index contributed by atoms with van der Waals surface area (Å²) in [5.74, 6) is -0.703. The smallest absolute Gasteiger partial charge is 0.223 e. The van der Waals surface area contributed by atoms with Gasteiger partial charge in [-0.05, 0) is 17.7 Å². The Bertz CT molecular complexity index is 653. The molecule has 0 amide bonds. The molecule has 0 aliphatic rings. The van der Waals surface area contributed by atoms with Gasteiger partial charge >= 0.3 is 0 Å². The van der Waals surface area contributed by atoms with Crippen LogP contribution in [0.5, 0.6) is 0 Å². The third kappa shape index (κ3) is 3.29. The molecule has 1 aromatic heterocycles. The van der Waals surface area contributed by atoms with Crippen LogP contribution < -0.4 is 17.2 Å². The van der Waals surface area contributed by atoms with Crippen molar-refractivity contribution in [3.8, 4) is 0 Å². The maximum absolute atomic E-state index is 10.9. The van der Waals surface area contributed by atoms with E-state index in [1.165, 1.54) is 0 Å². The molecule has 21 heavy (non-hydrogen) atoms. The minimum absolute atomic E-state index is 0.0294. The van der Waals surface area contributed by atoms with Crippen LogP contribution in [-0.4, -0.2) is 21.4 Å². The average Bonchev–Trinajstić information content (AvgIpc) is 2.37. The monoisotopic (exact) mass is 308 g/mol. The Balaban J connectivity index is 2.55. The number of nitrogens with zero attached hydrogens (tertiary/aromatic N) is 3. The number of rotatable bonds is 4. The van der Waals surface area contributed by atoms with Gasteiger partial charge in [0.25, 0.3) is 0 Å². The van der Waals surface area contributed by atoms with Gasteiger partial charge in [-0.3, -0.25) is 10.1 Å². The Morgan fingerprint density at radius 3 is 2.14 bits per heavy atom. The molecular weight excluding hydrogens is 296 g/mol. The molecular formula is C12H13ClN6O2. The summed E-state index contributed by atoms with van der Waals surface area (Å²) in [6.07, 6.45) is 0. The first kappa shape index (κ1) is 14.8. The van der Waals surface area contributed by atoms with Crippen LogP contribution >= 0.6 is 11.6 Å². The van der Waals surface area contributed by atoms with Crippen LogP contribution in [0.2, 0.25) is 5.02 Å². The predicted octanol–water partition coefficient (Wildman–Crippen LogP) is 1.29. The Morgan fingerprint density at radius 2 is 1.67 bits per heavy atom. The van der Waals surface area contributed by atoms with Crippen molar-refractivity contribution in [1.82, 2.24) is 9.97 Å². The van der Waals surface area contributed by atoms with E-state index in [0.717, 1.165) is 0 Å². The van der Waals surface area contributed by atoms with Crippen LogP contribution in [0.4, 0.5) is 17.6 Å². The predicted molar refractivity (Wildman–Crippen MR) is 80.4 cm³/mol. The van der Waals surface area contributed by atoms with Crippen LogP contribution in [0.3, 0.4) is 0 Å². The molecule has 0 bridgehead atoms. The molecule has 6 N–H and O–H groups in total. The number of hydrogen-bond acceptors (Lipinski definition) is 7. The highest BCUT2D eigenvalue weighted by atomic mass is 35.5. The molecule has 9 heteroatoms. The Labute approximate surface area is 125 Å². The largest absolute Gasteiger partial charge is 0.383 e. The van der Waals surface area contributed by atoms with Crippen LogP contribution in [0.25, 0.3) is 0 Å². The van der Waals surface area contributed by atoms with Gasteiger partial charge in [0.15, 0.2) is 0 Å². The zero-order valence-electron chi connectivity index (χ0n) is 10.9. The standard InChI is InChI=1S/C12H13ClN6O2/c13-7-3-1-6(2-4-7)8(5-19(20)21)9-10(14)17-12(16)18-11(9)15/h1-4,8H,5H2,(H6,14,15,16,17,18). The Kier molecular flexibility index (Phi) is 4.08. The van der Waals surface area contributed by atoms with E-state index in [9.17, 15) is 10.1 Å². The van der Waals surface area contributed by atoms with Gasteiger partial charge < -0.3 is 17.2 Å². The van der Waals surface area contributed by atoms with E-state index in [0.29, 0.717) is 16.1 Å². The Hall–Kier alpha value is -2.61. The highest BCUT2D eigenvalue weighted by Crippen LogP contribution is 2.32. The molecule has 110 valence electrons. The zero-order chi connectivity index (χ0) is 15.6. The van der Waals surface area contributed by atoms with Crippen molar-refractivity contribution >= 4 is 29.2 Å². The van der Waals surface area contributed by atoms with Gasteiger partial charge in [0, 0.05) is 9.95 Å². The van der Waals surface area contributed by atoms with Gasteiger partial charge in [0.05, 0.1) is 11.5 Å². The first-order valence-corrected chi connectivity index (χ1v) is 6.32. The molecule has 8 nitrogen and oxygen atoms in total. The molecule has 0 aliphatic heterocycles. The van der Waals surface area contributed by atoms with Crippen LogP contribution in [0.15, 0.2) is 24.3 Å². The van der Waals surface area contributed by atoms with E-state index >= 15 is 0 Å². The van der Waals surface area contributed by atoms with E-state index in [-0.39, 0.29) is 17.6 Å². The van der Waals surface area contributed by atoms with Gasteiger partial charge in [-0.15, -0.1) is 0 Å². The fourth-order valence-corrected chi connectivity index (χ4v) is 2.21. The molecule has 0 spiro atoms. The molecule has 0 aliphatic carbocycles. The van der Waals surface area contributed by atoms with Crippen molar-refractivity contribution in [3.05, 3.63) is 50.5 Å². The topological polar surface area (TPSA) is 147 Å². The Morgan fingerprint density at radius 1 is 1.14 bits per heavy atom. The van der Waals surface area contributed by atoms with E-state index in [1.54, 1.807) is 24.3 Å². The molecule has 0 radical (unpaired) electrons. The van der Waals surface area contributed by atoms with Crippen molar-refractivity contribution in [3.63, 3.8) is 0 Å². The van der Waals surface area contributed by atoms with Crippen molar-refractivity contribution in [2.24, 2.45) is 0 Å². The fourth-order valence-electron chi connectivity index (χ4n) is 2.09. The number of nitro groups is 1. The molecule has 2 rings (SSSR count). The average molecular weight is 309 g/mol. The molecule has 2 aromatic rings. The van der Waals surface area contributed by atoms with Gasteiger partial charge in [-0.2, -0.15) is 9.97 Å². The van der Waals surface area contributed by atoms with E-state index in [4.69, 9.17) is 28.8 Å². The molecule has 0 saturated heterocycles. The zero-order valence-corrected chi connectivity index (χ0v) is 11.6. The van der Waals surface area contributed by atoms with Gasteiger partial charge in [0.2, 0.25) is 12.5 Å². The summed E-state index contributed by atoms with van der Waals surface area (Å²) in [5.41, 5.74) is 18.0. The molecule has 0 saturated carbocycles. The summed E-state index contributed by atoms with van der Waals surface area (Å²) in [6, 6.07) is 6.61. The summed E-state index contributed by atoms with van der Waals surface area (Å²) in [4.78, 5) is 18.1. The van der Waals surface area contributed by atoms with Crippen molar-refractivity contribution < 1.29 is 4.92 Å². The number of nitrogen functional groups attached to an aromatic ring is 3. The van der Waals surface area contributed by atoms with E-state index in [1.807, 2.05) is 0 Å². The lowest BCUT2D eigenvalue weighted by atomic mass is 9.91. The second kappa shape index (κ2) is 5.80. The summed E-state index contributed by atoms with van der Waals surface area (Å²) >= 11 is 5.83. The van der Waals surface area contributed by atoms with Crippen LogP contribution in [0.1, 0.15) is 17.0 Å². The highest BCUT2D eigenvalue weighted by molar-refractivity contribution is 6.30. The fraction of sp³-hybridized carbons (Fsp3) is 0.167. The number of halogens is 1. The number of benzene rings is 1. The lowest BCUT2D eigenvalue weighted by Crippen LogP contribution is -2.19. The van der Waals surface area contributed by atoms with Gasteiger partial charge in [0.1, 0.15) is 11.6 Å². The number of aromatic nitrogens is 2. The highest BCUT2D eigenvalue weighted by Gasteiger charge is 2.26. The van der Waals surface area contributed by atoms with Crippen molar-refractivity contribution in [2.75, 3.05) is 23.7 Å². The summed E-state index contributed by atoms with van der Waals surface area (Å²) < 4.78 is 0. The van der Waals surface area contributed by atoms with Gasteiger partial charge in [-0.1, -0.05) is 23.7 Å². The van der Waals surface area contributed by atoms with Crippen LogP contribution in [-0.2, 0) is 0 Å². The summed E-state index contributed by atoms with van der Waals surface area (Å²) in [6.45, 7) is -0.399. The lowest BCUT2D eigenvalue weighted by Gasteiger charge is -2.17. The summed E-state index contributed by atoms with van der Waals surface area (Å²) in [5, 5.41) is 11.5. The quantitative estimate of drug-likeness (QED) is 0.569. The SMILES string of the molecule is Nc1nc(N)c(C(C[N+](=O)[O-])c2ccc(Cl)cc2)c(N)n1. The number of hydrogen-bond donors (Lipinski definition) is 3. The second-order valence-electron chi connectivity index (χ2n) is 4.39. The maximum Gasteiger partial charge on any atom is 0.223 e. The van der Waals surface area contributed by atoms with Crippen molar-refractivity contribution in [2.45, 2.75) is 5.92 Å². The van der Waals surface area contributed by atoms with E-state index in [2.05, 4.69) is 9.97 Å². The minimum Gasteiger partial charge on any atom is -0.383 e. The second-order valence-corrected chi connectivity index (χ2v) is 4.82. The molecule has 0 fully saturated rings. The molecule has 1 heterocycles. The summed E-state index contributed by atoms with van der Waals surface area (Å²) in [7, 11) is 0. The number of nitrogens with two attached hydrogens (primary N) is 3. The van der Waals surface area contributed by atoms with Crippen LogP contribution in [0, 0.1) is 10.1 Å². The van der Waals surface area contributed by atoms with Gasteiger partial charge in [-0.25, -0.2) is 0 Å². The van der Waals surface area contributed by atoms with E-state index < -0.39 is 17.4 Å². The molecule has 1 atom stereocenters. The third-order valence-electron chi connectivity index (χ3n) is 2.97. The maximum atomic E-state index is 10.9. The normalized spacial score (nSPS) is 12.0. The van der Waals surface area contributed by atoms with Crippen molar-refractivity contribution in [1.29, 1.82) is 0 Å². The lowest BCUT2D eigenvalue weighted by molar-refractivity contribution is -0.481. The molecule has 1 unspecified atom stereocenters. The first-order valence-electron chi connectivity index (χ1n) is 5.94. The number of anilines is 3. The minimum atomic E-state index is -0.683. The molecule has 1 aromatic carbocycles. The third-order valence-corrected chi connectivity index (χ3v) is 3.23. The first-order chi connectivity index (χ1) is 9.88.